The van der Waals surface area contributed by atoms with Gasteiger partial charge in [0.05, 0.1) is 0 Å². The van der Waals surface area contributed by atoms with Crippen LogP contribution in [-0.4, -0.2) is 16.4 Å². The van der Waals surface area contributed by atoms with E-state index in [1.165, 1.54) is 31.7 Å². The van der Waals surface area contributed by atoms with E-state index in [-0.39, 0.29) is 9.76 Å². The summed E-state index contributed by atoms with van der Waals surface area (Å²) in [5.74, 6) is 0. The van der Waals surface area contributed by atoms with Crippen LogP contribution in [0.4, 0.5) is 0 Å². The summed E-state index contributed by atoms with van der Waals surface area (Å²) in [6, 6.07) is 1.42. The fourth-order valence-corrected chi connectivity index (χ4v) is 2.21. The maximum absolute atomic E-state index is 5.41. The lowest BCUT2D eigenvalue weighted by Gasteiger charge is -2.07. The molecule has 0 N–H and O–H groups in total. The van der Waals surface area contributed by atoms with Crippen LogP contribution in [0.3, 0.4) is 0 Å². The molecule has 1 nitrogen and oxygen atoms in total. The summed E-state index contributed by atoms with van der Waals surface area (Å²) in [4.78, 5) is 0. The Hall–Kier alpha value is 0.177. The second-order valence-electron chi connectivity index (χ2n) is 2.38. The molecule has 48 valence electrons. The first-order chi connectivity index (χ1) is 4.00. The molecule has 1 aliphatic rings. The van der Waals surface area contributed by atoms with Crippen molar-refractivity contribution in [3.05, 3.63) is 0 Å². The van der Waals surface area contributed by atoms with E-state index in [4.69, 9.17) is 4.43 Å². The minimum atomic E-state index is -0.0485. The molecule has 1 aliphatic heterocycles. The predicted molar refractivity (Wildman–Crippen MR) is 37.8 cm³/mol. The van der Waals surface area contributed by atoms with Gasteiger partial charge in [-0.3, -0.25) is 0 Å². The van der Waals surface area contributed by atoms with Crippen LogP contribution in [0.2, 0.25) is 6.04 Å². The lowest BCUT2D eigenvalue weighted by atomic mass is 10.2. The second kappa shape index (κ2) is 4.10. The van der Waals surface area contributed by atoms with E-state index in [0.717, 1.165) is 6.61 Å². The third-order valence-electron chi connectivity index (χ3n) is 1.58. The van der Waals surface area contributed by atoms with Crippen molar-refractivity contribution in [3.63, 3.8) is 0 Å². The average Bonchev–Trinajstić information content (AvgIpc) is 1.62. The van der Waals surface area contributed by atoms with Crippen molar-refractivity contribution in [1.29, 1.82) is 0 Å². The second-order valence-corrected chi connectivity index (χ2v) is 3.90. The minimum absolute atomic E-state index is 0.0485. The quantitative estimate of drug-likeness (QED) is 0.446. The van der Waals surface area contributed by atoms with Crippen LogP contribution < -0.4 is 0 Å². The SMILES string of the molecule is C1CCC[SiH2]OCC1. The van der Waals surface area contributed by atoms with E-state index in [9.17, 15) is 0 Å². The molecule has 1 rings (SSSR count). The zero-order valence-electron chi connectivity index (χ0n) is 5.36. The maximum Gasteiger partial charge on any atom is 0.161 e. The molecule has 0 atom stereocenters. The van der Waals surface area contributed by atoms with Crippen LogP contribution in [0.5, 0.6) is 0 Å². The monoisotopic (exact) mass is 130 g/mol. The molecule has 0 saturated carbocycles. The molecule has 2 heteroatoms. The summed E-state index contributed by atoms with van der Waals surface area (Å²) in [5.41, 5.74) is 0. The van der Waals surface area contributed by atoms with Gasteiger partial charge in [0.1, 0.15) is 0 Å². The van der Waals surface area contributed by atoms with Gasteiger partial charge >= 0.3 is 0 Å². The lowest BCUT2D eigenvalue weighted by molar-refractivity contribution is 0.311. The Kier molecular flexibility index (Phi) is 3.22. The number of hydrogen-bond donors (Lipinski definition) is 0. The van der Waals surface area contributed by atoms with E-state index in [0.29, 0.717) is 0 Å². The molecule has 0 spiro atoms. The smallest absolute Gasteiger partial charge is 0.161 e. The van der Waals surface area contributed by atoms with Gasteiger partial charge in [-0.2, -0.15) is 0 Å². The highest BCUT2D eigenvalue weighted by Crippen LogP contribution is 2.06. The van der Waals surface area contributed by atoms with Crippen molar-refractivity contribution in [1.82, 2.24) is 0 Å². The van der Waals surface area contributed by atoms with Gasteiger partial charge in [-0.05, 0) is 12.5 Å². The van der Waals surface area contributed by atoms with Crippen LogP contribution in [-0.2, 0) is 4.43 Å². The summed E-state index contributed by atoms with van der Waals surface area (Å²) < 4.78 is 5.41. The largest absolute Gasteiger partial charge is 0.424 e. The topological polar surface area (TPSA) is 9.23 Å². The van der Waals surface area contributed by atoms with Gasteiger partial charge in [0.2, 0.25) is 0 Å². The molecule has 0 radical (unpaired) electrons. The van der Waals surface area contributed by atoms with Gasteiger partial charge in [0.25, 0.3) is 0 Å². The Bertz CT molecular complexity index is 32.5. The summed E-state index contributed by atoms with van der Waals surface area (Å²) >= 11 is 0. The molecular weight excluding hydrogens is 116 g/mol. The number of rotatable bonds is 0. The molecule has 8 heavy (non-hydrogen) atoms. The first-order valence-electron chi connectivity index (χ1n) is 3.58. The van der Waals surface area contributed by atoms with Gasteiger partial charge in [0, 0.05) is 6.61 Å². The average molecular weight is 130 g/mol. The predicted octanol–water partition coefficient (Wildman–Crippen LogP) is 1.08. The van der Waals surface area contributed by atoms with Crippen LogP contribution in [0.15, 0.2) is 0 Å². The van der Waals surface area contributed by atoms with Crippen molar-refractivity contribution >= 4 is 9.76 Å². The van der Waals surface area contributed by atoms with Crippen molar-refractivity contribution in [2.24, 2.45) is 0 Å². The van der Waals surface area contributed by atoms with Crippen LogP contribution in [0.25, 0.3) is 0 Å². The van der Waals surface area contributed by atoms with Gasteiger partial charge in [-0.1, -0.05) is 19.3 Å². The lowest BCUT2D eigenvalue weighted by Crippen LogP contribution is -2.03. The summed E-state index contributed by atoms with van der Waals surface area (Å²) in [5, 5.41) is 0. The highest BCUT2D eigenvalue weighted by Gasteiger charge is 1.96. The molecule has 0 aromatic rings. The van der Waals surface area contributed by atoms with Crippen molar-refractivity contribution in [2.45, 2.75) is 31.7 Å². The Labute approximate surface area is 53.4 Å². The summed E-state index contributed by atoms with van der Waals surface area (Å²) in [6.45, 7) is 1.06. The molecule has 1 fully saturated rings. The zero-order valence-corrected chi connectivity index (χ0v) is 6.77. The van der Waals surface area contributed by atoms with Gasteiger partial charge in [-0.25, -0.2) is 0 Å². The van der Waals surface area contributed by atoms with Crippen LogP contribution in [0.1, 0.15) is 25.7 Å². The van der Waals surface area contributed by atoms with Crippen molar-refractivity contribution < 1.29 is 4.43 Å². The summed E-state index contributed by atoms with van der Waals surface area (Å²) in [7, 11) is -0.0485. The molecule has 0 aromatic heterocycles. The van der Waals surface area contributed by atoms with E-state index in [2.05, 4.69) is 0 Å². The standard InChI is InChI=1S/C6H14OSi/c1-2-4-6-8-7-5-3-1/h1-6,8H2. The Morgan fingerprint density at radius 2 is 1.88 bits per heavy atom. The minimum Gasteiger partial charge on any atom is -0.424 e. The fourth-order valence-electron chi connectivity index (χ4n) is 1.04. The third kappa shape index (κ3) is 2.48. The van der Waals surface area contributed by atoms with Crippen molar-refractivity contribution in [2.75, 3.05) is 6.61 Å². The van der Waals surface area contributed by atoms with Gasteiger partial charge in [-0.15, -0.1) is 0 Å². The maximum atomic E-state index is 5.41. The molecule has 1 heterocycles. The van der Waals surface area contributed by atoms with Crippen molar-refractivity contribution in [3.8, 4) is 0 Å². The third-order valence-corrected chi connectivity index (χ3v) is 2.94. The van der Waals surface area contributed by atoms with Gasteiger partial charge < -0.3 is 4.43 Å². The molecule has 0 bridgehead atoms. The molecule has 1 saturated heterocycles. The van der Waals surface area contributed by atoms with E-state index in [1.54, 1.807) is 0 Å². The molecule has 0 unspecified atom stereocenters. The van der Waals surface area contributed by atoms with Gasteiger partial charge in [0.15, 0.2) is 9.76 Å². The van der Waals surface area contributed by atoms with E-state index in [1.807, 2.05) is 0 Å². The highest BCUT2D eigenvalue weighted by molar-refractivity contribution is 6.26. The summed E-state index contributed by atoms with van der Waals surface area (Å²) in [6.07, 6.45) is 5.60. The highest BCUT2D eigenvalue weighted by atomic mass is 28.2. The normalized spacial score (nSPS) is 27.0. The van der Waals surface area contributed by atoms with Crippen LogP contribution in [0, 0.1) is 0 Å². The van der Waals surface area contributed by atoms with E-state index < -0.39 is 0 Å². The molecule has 0 aromatic carbocycles. The molecule has 0 aliphatic carbocycles. The first kappa shape index (κ1) is 6.30. The first-order valence-corrected chi connectivity index (χ1v) is 5.15. The molecule has 0 amide bonds. The van der Waals surface area contributed by atoms with E-state index >= 15 is 0 Å². The Morgan fingerprint density at radius 1 is 1.00 bits per heavy atom. The Morgan fingerprint density at radius 3 is 2.88 bits per heavy atom. The fraction of sp³-hybridized carbons (Fsp3) is 1.00. The zero-order chi connectivity index (χ0) is 5.66. The molecular formula is C6H14OSi. The number of hydrogen-bond acceptors (Lipinski definition) is 1. The Balaban J connectivity index is 2.00. The van der Waals surface area contributed by atoms with Crippen LogP contribution >= 0.6 is 0 Å².